The minimum Gasteiger partial charge on any atom is -0.462 e. The van der Waals surface area contributed by atoms with E-state index < -0.39 is 17.6 Å². The second-order valence-electron chi connectivity index (χ2n) is 6.67. The summed E-state index contributed by atoms with van der Waals surface area (Å²) in [5.41, 5.74) is 0.609. The van der Waals surface area contributed by atoms with Crippen molar-refractivity contribution in [1.82, 2.24) is 10.2 Å². The lowest BCUT2D eigenvalue weighted by atomic mass is 9.85. The molecule has 0 aliphatic carbocycles. The Hall–Kier alpha value is -2.83. The number of ether oxygens (including phenoxy) is 2. The van der Waals surface area contributed by atoms with Crippen LogP contribution < -0.4 is 5.32 Å². The normalized spacial score (nSPS) is 21.7. The molecule has 0 radical (unpaired) electrons. The van der Waals surface area contributed by atoms with Gasteiger partial charge in [0, 0.05) is 6.42 Å². The molecule has 1 fully saturated rings. The van der Waals surface area contributed by atoms with Crippen molar-refractivity contribution in [1.29, 1.82) is 0 Å². The molecule has 2 atom stereocenters. The molecule has 1 aliphatic rings. The quantitative estimate of drug-likeness (QED) is 0.691. The van der Waals surface area contributed by atoms with E-state index in [4.69, 9.17) is 9.47 Å². The van der Waals surface area contributed by atoms with Crippen LogP contribution in [0.5, 0.6) is 0 Å². The Balaban J connectivity index is 1.82. The average Bonchev–Trinajstić information content (AvgIpc) is 3.27. The van der Waals surface area contributed by atoms with Crippen molar-refractivity contribution >= 4 is 17.8 Å². The molecule has 1 aliphatic heterocycles. The Morgan fingerprint density at radius 2 is 2.15 bits per heavy atom. The van der Waals surface area contributed by atoms with Gasteiger partial charge in [0.05, 0.1) is 12.8 Å². The van der Waals surface area contributed by atoms with E-state index in [-0.39, 0.29) is 18.1 Å². The molecule has 7 heteroatoms. The van der Waals surface area contributed by atoms with Crippen LogP contribution in [0.4, 0.5) is 5.82 Å². The number of esters is 2. The summed E-state index contributed by atoms with van der Waals surface area (Å²) in [6, 6.07) is 9.25. The highest BCUT2D eigenvalue weighted by Gasteiger charge is 2.48. The largest absolute Gasteiger partial charge is 0.462 e. The topological polar surface area (TPSA) is 93.3 Å². The third-order valence-electron chi connectivity index (χ3n) is 4.80. The average molecular weight is 371 g/mol. The standard InChI is InChI=1S/C20H25N3O4/c1-3-5-11-20(14-9-7-6-8-10-14)12-16(19(25)27-20)22-17-15(13-21-23-17)18(24)26-4-2/h6-10,13,16H,3-5,11-12H2,1-2H3,(H2,21,22,23). The predicted molar refractivity (Wildman–Crippen MR) is 100 cm³/mol. The van der Waals surface area contributed by atoms with Gasteiger partial charge in [-0.15, -0.1) is 0 Å². The van der Waals surface area contributed by atoms with Crippen molar-refractivity contribution in [3.8, 4) is 0 Å². The van der Waals surface area contributed by atoms with Gasteiger partial charge in [-0.1, -0.05) is 43.7 Å². The van der Waals surface area contributed by atoms with Gasteiger partial charge in [0.15, 0.2) is 0 Å². The summed E-state index contributed by atoms with van der Waals surface area (Å²) in [5.74, 6) is -0.450. The Morgan fingerprint density at radius 1 is 1.37 bits per heavy atom. The van der Waals surface area contributed by atoms with E-state index >= 15 is 0 Å². The lowest BCUT2D eigenvalue weighted by Gasteiger charge is -2.28. The highest BCUT2D eigenvalue weighted by atomic mass is 16.6. The summed E-state index contributed by atoms with van der Waals surface area (Å²) in [4.78, 5) is 24.7. The van der Waals surface area contributed by atoms with Crippen LogP contribution in [0, 0.1) is 0 Å². The molecular formula is C20H25N3O4. The molecule has 2 aromatic rings. The second kappa shape index (κ2) is 8.24. The number of benzene rings is 1. The molecule has 27 heavy (non-hydrogen) atoms. The number of nitrogens with zero attached hydrogens (tertiary/aromatic N) is 1. The number of anilines is 1. The highest BCUT2D eigenvalue weighted by molar-refractivity contribution is 5.95. The highest BCUT2D eigenvalue weighted by Crippen LogP contribution is 2.42. The first kappa shape index (κ1) is 18.9. The molecule has 144 valence electrons. The number of carbonyl (C=O) groups is 2. The van der Waals surface area contributed by atoms with Crippen molar-refractivity contribution < 1.29 is 19.1 Å². The molecule has 7 nitrogen and oxygen atoms in total. The van der Waals surface area contributed by atoms with Gasteiger partial charge in [0.25, 0.3) is 0 Å². The molecule has 2 N–H and O–H groups in total. The van der Waals surface area contributed by atoms with Crippen LogP contribution in [0.15, 0.2) is 36.5 Å². The first-order valence-electron chi connectivity index (χ1n) is 9.35. The molecule has 3 rings (SSSR count). The van der Waals surface area contributed by atoms with Crippen LogP contribution >= 0.6 is 0 Å². The lowest BCUT2D eigenvalue weighted by Crippen LogP contribution is -2.27. The zero-order valence-electron chi connectivity index (χ0n) is 15.7. The summed E-state index contributed by atoms with van der Waals surface area (Å²) in [5, 5.41) is 9.72. The molecule has 0 bridgehead atoms. The molecule has 2 unspecified atom stereocenters. The number of hydrogen-bond acceptors (Lipinski definition) is 6. The maximum Gasteiger partial charge on any atom is 0.343 e. The van der Waals surface area contributed by atoms with Gasteiger partial charge in [-0.3, -0.25) is 5.10 Å². The molecule has 0 saturated carbocycles. The second-order valence-corrected chi connectivity index (χ2v) is 6.67. The number of H-pyrrole nitrogens is 1. The molecule has 0 amide bonds. The SMILES string of the molecule is CCCCC1(c2ccccc2)CC(Nc2[nH]ncc2C(=O)OCC)C(=O)O1. The van der Waals surface area contributed by atoms with E-state index in [0.29, 0.717) is 12.2 Å². The Kier molecular flexibility index (Phi) is 5.78. The van der Waals surface area contributed by atoms with Crippen LogP contribution in [0.1, 0.15) is 55.5 Å². The minimum absolute atomic E-state index is 0.267. The Bertz CT molecular complexity index is 790. The van der Waals surface area contributed by atoms with Gasteiger partial charge in [-0.25, -0.2) is 9.59 Å². The van der Waals surface area contributed by atoms with E-state index in [2.05, 4.69) is 22.4 Å². The van der Waals surface area contributed by atoms with E-state index in [1.807, 2.05) is 30.3 Å². The minimum atomic E-state index is -0.657. The van der Waals surface area contributed by atoms with Gasteiger partial charge >= 0.3 is 11.9 Å². The molecule has 1 saturated heterocycles. The predicted octanol–water partition coefficient (Wildman–Crippen LogP) is 3.40. The monoisotopic (exact) mass is 371 g/mol. The number of rotatable bonds is 8. The number of cyclic esters (lactones) is 1. The molecule has 2 heterocycles. The summed E-state index contributed by atoms with van der Waals surface area (Å²) in [7, 11) is 0. The van der Waals surface area contributed by atoms with Gasteiger partial charge in [-0.05, 0) is 25.3 Å². The number of carbonyl (C=O) groups excluding carboxylic acids is 2. The summed E-state index contributed by atoms with van der Waals surface area (Å²) < 4.78 is 10.9. The van der Waals surface area contributed by atoms with Crippen molar-refractivity contribution in [2.75, 3.05) is 11.9 Å². The number of nitrogens with one attached hydrogen (secondary N) is 2. The maximum absolute atomic E-state index is 12.6. The van der Waals surface area contributed by atoms with Crippen LogP contribution in [0.2, 0.25) is 0 Å². The van der Waals surface area contributed by atoms with Crippen molar-refractivity contribution in [2.45, 2.75) is 51.2 Å². The Labute approximate surface area is 158 Å². The molecule has 0 spiro atoms. The van der Waals surface area contributed by atoms with Crippen LogP contribution in [0.25, 0.3) is 0 Å². The van der Waals surface area contributed by atoms with Gasteiger partial charge < -0.3 is 14.8 Å². The Morgan fingerprint density at radius 3 is 2.85 bits per heavy atom. The zero-order valence-corrected chi connectivity index (χ0v) is 15.7. The van der Waals surface area contributed by atoms with E-state index in [1.54, 1.807) is 6.92 Å². The fourth-order valence-corrected chi connectivity index (χ4v) is 3.44. The molecule has 1 aromatic heterocycles. The van der Waals surface area contributed by atoms with Crippen LogP contribution in [-0.2, 0) is 19.9 Å². The third-order valence-corrected chi connectivity index (χ3v) is 4.80. The van der Waals surface area contributed by atoms with Gasteiger partial charge in [-0.2, -0.15) is 5.10 Å². The fourth-order valence-electron chi connectivity index (χ4n) is 3.44. The molecule has 1 aromatic carbocycles. The summed E-state index contributed by atoms with van der Waals surface area (Å²) in [6.45, 7) is 4.12. The van der Waals surface area contributed by atoms with Crippen LogP contribution in [0.3, 0.4) is 0 Å². The fraction of sp³-hybridized carbons (Fsp3) is 0.450. The first-order chi connectivity index (χ1) is 13.1. The summed E-state index contributed by atoms with van der Waals surface area (Å²) >= 11 is 0. The number of aromatic amines is 1. The van der Waals surface area contributed by atoms with Crippen molar-refractivity contribution in [3.63, 3.8) is 0 Å². The maximum atomic E-state index is 12.6. The van der Waals surface area contributed by atoms with Gasteiger partial charge in [0.1, 0.15) is 23.0 Å². The molecular weight excluding hydrogens is 346 g/mol. The van der Waals surface area contributed by atoms with E-state index in [1.165, 1.54) is 6.20 Å². The van der Waals surface area contributed by atoms with E-state index in [9.17, 15) is 9.59 Å². The number of aromatic nitrogens is 2. The summed E-state index contributed by atoms with van der Waals surface area (Å²) in [6.07, 6.45) is 4.59. The zero-order chi connectivity index (χ0) is 19.3. The van der Waals surface area contributed by atoms with Crippen LogP contribution in [-0.4, -0.2) is 34.8 Å². The third kappa shape index (κ3) is 3.97. The number of unbranched alkanes of at least 4 members (excludes halogenated alkanes) is 1. The van der Waals surface area contributed by atoms with E-state index in [0.717, 1.165) is 24.8 Å². The van der Waals surface area contributed by atoms with Gasteiger partial charge in [0.2, 0.25) is 0 Å². The first-order valence-corrected chi connectivity index (χ1v) is 9.35. The lowest BCUT2D eigenvalue weighted by molar-refractivity contribution is -0.150. The van der Waals surface area contributed by atoms with Crippen molar-refractivity contribution in [2.24, 2.45) is 0 Å². The van der Waals surface area contributed by atoms with Crippen molar-refractivity contribution in [3.05, 3.63) is 47.7 Å². The smallest absolute Gasteiger partial charge is 0.343 e. The number of hydrogen-bond donors (Lipinski definition) is 2.